The van der Waals surface area contributed by atoms with Crippen LogP contribution < -0.4 is 16.0 Å². The average molecular weight is 451 g/mol. The number of imidazole rings is 1. The molecule has 0 radical (unpaired) electrons. The molecule has 2 aromatic heterocycles. The molecule has 0 unspecified atom stereocenters. The summed E-state index contributed by atoms with van der Waals surface area (Å²) < 4.78 is 10.4. The van der Waals surface area contributed by atoms with Crippen LogP contribution in [0, 0.1) is 0 Å². The number of hydrogen-bond donors (Lipinski definition) is 0. The summed E-state index contributed by atoms with van der Waals surface area (Å²) in [6.07, 6.45) is 5.23. The molecule has 8 heteroatoms. The molecule has 0 aliphatic heterocycles. The summed E-state index contributed by atoms with van der Waals surface area (Å²) in [7, 11) is 0. The number of halogens is 1. The molecule has 1 saturated carbocycles. The van der Waals surface area contributed by atoms with Crippen LogP contribution in [0.5, 0.6) is 5.75 Å². The molecule has 1 aliphatic rings. The van der Waals surface area contributed by atoms with Gasteiger partial charge >= 0.3 is 5.69 Å². The minimum absolute atomic E-state index is 0.114. The number of fused-ring (bicyclic) bond motifs is 1. The molecular formula is C24H23ClN4O3. The standard InChI is InChI=1S/C24H23ClN4O3/c25-19-12-6-7-13-20(19)29-22-21(23(30)28(24(29)31)17-8-4-5-9-17)27(16-26-22)14-15-32-18-10-2-1-3-11-18/h1-3,6-7,10-13,16-17H,4-5,8-9,14-15H2. The summed E-state index contributed by atoms with van der Waals surface area (Å²) in [5, 5.41) is 0.425. The second-order valence-electron chi connectivity index (χ2n) is 7.95. The summed E-state index contributed by atoms with van der Waals surface area (Å²) in [6, 6.07) is 16.5. The van der Waals surface area contributed by atoms with E-state index in [1.165, 1.54) is 9.13 Å². The van der Waals surface area contributed by atoms with Gasteiger partial charge in [-0.15, -0.1) is 0 Å². The maximum absolute atomic E-state index is 13.5. The predicted molar refractivity (Wildman–Crippen MR) is 124 cm³/mol. The Bertz CT molecular complexity index is 1370. The third-order valence-corrected chi connectivity index (χ3v) is 6.30. The van der Waals surface area contributed by atoms with E-state index in [9.17, 15) is 9.59 Å². The Kier molecular flexibility index (Phi) is 5.57. The van der Waals surface area contributed by atoms with Crippen molar-refractivity contribution in [3.05, 3.63) is 86.8 Å². The molecule has 0 N–H and O–H groups in total. The highest BCUT2D eigenvalue weighted by Gasteiger charge is 2.26. The van der Waals surface area contributed by atoms with Gasteiger partial charge in [0.1, 0.15) is 12.4 Å². The highest BCUT2D eigenvalue weighted by Crippen LogP contribution is 2.28. The summed E-state index contributed by atoms with van der Waals surface area (Å²) in [5.41, 5.74) is 0.502. The zero-order chi connectivity index (χ0) is 22.1. The second-order valence-corrected chi connectivity index (χ2v) is 8.36. The summed E-state index contributed by atoms with van der Waals surface area (Å²) in [6.45, 7) is 0.787. The fourth-order valence-corrected chi connectivity index (χ4v) is 4.66. The van der Waals surface area contributed by atoms with E-state index in [-0.39, 0.29) is 11.6 Å². The van der Waals surface area contributed by atoms with Crippen LogP contribution in [0.3, 0.4) is 0 Å². The van der Waals surface area contributed by atoms with Gasteiger partial charge in [0, 0.05) is 6.04 Å². The molecule has 2 aromatic carbocycles. The van der Waals surface area contributed by atoms with Gasteiger partial charge in [-0.3, -0.25) is 9.36 Å². The highest BCUT2D eigenvalue weighted by atomic mass is 35.5. The first-order chi connectivity index (χ1) is 15.6. The normalized spacial score (nSPS) is 14.3. The lowest BCUT2D eigenvalue weighted by atomic mass is 10.2. The van der Waals surface area contributed by atoms with Crippen LogP contribution in [0.2, 0.25) is 5.02 Å². The number of nitrogens with zero attached hydrogens (tertiary/aromatic N) is 4. The summed E-state index contributed by atoms with van der Waals surface area (Å²) in [4.78, 5) is 31.5. The van der Waals surface area contributed by atoms with E-state index in [0.29, 0.717) is 35.0 Å². The van der Waals surface area contributed by atoms with E-state index >= 15 is 0 Å². The lowest BCUT2D eigenvalue weighted by Gasteiger charge is -2.17. The van der Waals surface area contributed by atoms with Gasteiger partial charge in [-0.1, -0.05) is 54.8 Å². The molecule has 7 nitrogen and oxygen atoms in total. The molecular weight excluding hydrogens is 428 g/mol. The van der Waals surface area contributed by atoms with E-state index in [2.05, 4.69) is 4.98 Å². The van der Waals surface area contributed by atoms with Crippen molar-refractivity contribution in [1.29, 1.82) is 0 Å². The number of benzene rings is 2. The molecule has 1 fully saturated rings. The minimum atomic E-state index is -0.395. The molecule has 1 aliphatic carbocycles. The lowest BCUT2D eigenvalue weighted by Crippen LogP contribution is -2.42. The van der Waals surface area contributed by atoms with Crippen molar-refractivity contribution in [3.8, 4) is 11.4 Å². The fraction of sp³-hybridized carbons (Fsp3) is 0.292. The van der Waals surface area contributed by atoms with Crippen LogP contribution in [0.4, 0.5) is 0 Å². The van der Waals surface area contributed by atoms with Crippen molar-refractivity contribution in [2.75, 3.05) is 6.61 Å². The van der Waals surface area contributed by atoms with E-state index in [0.717, 1.165) is 31.4 Å². The maximum Gasteiger partial charge on any atom is 0.337 e. The van der Waals surface area contributed by atoms with Crippen molar-refractivity contribution >= 4 is 22.8 Å². The average Bonchev–Trinajstić information content (AvgIpc) is 3.47. The Morgan fingerprint density at radius 3 is 2.47 bits per heavy atom. The highest BCUT2D eigenvalue weighted by molar-refractivity contribution is 6.32. The van der Waals surface area contributed by atoms with Crippen LogP contribution in [0.15, 0.2) is 70.5 Å². The smallest absolute Gasteiger partial charge is 0.337 e. The molecule has 4 aromatic rings. The van der Waals surface area contributed by atoms with Gasteiger partial charge < -0.3 is 9.30 Å². The zero-order valence-electron chi connectivity index (χ0n) is 17.5. The van der Waals surface area contributed by atoms with E-state index in [4.69, 9.17) is 16.3 Å². The van der Waals surface area contributed by atoms with Gasteiger partial charge in [0.15, 0.2) is 11.2 Å². The first-order valence-corrected chi connectivity index (χ1v) is 11.2. The van der Waals surface area contributed by atoms with Gasteiger partial charge in [0.2, 0.25) is 0 Å². The van der Waals surface area contributed by atoms with E-state index in [1.54, 1.807) is 29.1 Å². The predicted octanol–water partition coefficient (Wildman–Crippen LogP) is 4.20. The lowest BCUT2D eigenvalue weighted by molar-refractivity contribution is 0.300. The number of aromatic nitrogens is 4. The van der Waals surface area contributed by atoms with Crippen molar-refractivity contribution in [1.82, 2.24) is 18.7 Å². The Morgan fingerprint density at radius 2 is 1.72 bits per heavy atom. The molecule has 2 heterocycles. The van der Waals surface area contributed by atoms with Crippen LogP contribution in [0.1, 0.15) is 31.7 Å². The Hall–Kier alpha value is -3.32. The summed E-state index contributed by atoms with van der Waals surface area (Å²) in [5.74, 6) is 0.758. The Labute approximate surface area is 189 Å². The monoisotopic (exact) mass is 450 g/mol. The first kappa shape index (κ1) is 20.6. The van der Waals surface area contributed by atoms with Gasteiger partial charge in [0.05, 0.1) is 23.6 Å². The third-order valence-electron chi connectivity index (χ3n) is 5.98. The van der Waals surface area contributed by atoms with Gasteiger partial charge in [-0.2, -0.15) is 0 Å². The quantitative estimate of drug-likeness (QED) is 0.441. The van der Waals surface area contributed by atoms with Crippen LogP contribution in [-0.4, -0.2) is 25.3 Å². The van der Waals surface area contributed by atoms with Crippen molar-refractivity contribution in [3.63, 3.8) is 0 Å². The van der Waals surface area contributed by atoms with Gasteiger partial charge in [-0.25, -0.2) is 14.3 Å². The molecule has 164 valence electrons. The summed E-state index contributed by atoms with van der Waals surface area (Å²) >= 11 is 6.44. The fourth-order valence-electron chi connectivity index (χ4n) is 4.44. The third kappa shape index (κ3) is 3.62. The molecule has 5 rings (SSSR count). The van der Waals surface area contributed by atoms with E-state index in [1.807, 2.05) is 36.4 Å². The zero-order valence-corrected chi connectivity index (χ0v) is 18.2. The number of ether oxygens (including phenoxy) is 1. The molecule has 0 saturated heterocycles. The van der Waals surface area contributed by atoms with Crippen LogP contribution in [-0.2, 0) is 6.54 Å². The van der Waals surface area contributed by atoms with Gasteiger partial charge in [0.25, 0.3) is 5.56 Å². The number of rotatable bonds is 6. The van der Waals surface area contributed by atoms with Crippen molar-refractivity contribution in [2.24, 2.45) is 0 Å². The SMILES string of the molecule is O=c1c2c(ncn2CCOc2ccccc2)n(-c2ccccc2Cl)c(=O)n1C1CCCC1. The van der Waals surface area contributed by atoms with Crippen molar-refractivity contribution < 1.29 is 4.74 Å². The molecule has 32 heavy (non-hydrogen) atoms. The largest absolute Gasteiger partial charge is 0.492 e. The number of para-hydroxylation sites is 2. The first-order valence-electron chi connectivity index (χ1n) is 10.8. The Balaban J connectivity index is 1.64. The van der Waals surface area contributed by atoms with E-state index < -0.39 is 5.69 Å². The number of hydrogen-bond acceptors (Lipinski definition) is 4. The van der Waals surface area contributed by atoms with Crippen LogP contribution >= 0.6 is 11.6 Å². The van der Waals surface area contributed by atoms with Crippen LogP contribution in [0.25, 0.3) is 16.9 Å². The van der Waals surface area contributed by atoms with Crippen molar-refractivity contribution in [2.45, 2.75) is 38.3 Å². The Morgan fingerprint density at radius 1 is 1.00 bits per heavy atom. The second kappa shape index (κ2) is 8.67. The molecule has 0 atom stereocenters. The molecule has 0 spiro atoms. The molecule has 0 amide bonds. The minimum Gasteiger partial charge on any atom is -0.492 e. The topological polar surface area (TPSA) is 71.1 Å². The van der Waals surface area contributed by atoms with Gasteiger partial charge in [-0.05, 0) is 37.1 Å². The maximum atomic E-state index is 13.5. The molecule has 0 bridgehead atoms.